The fraction of sp³-hybridized carbons (Fsp3) is 0.0462. The van der Waals surface area contributed by atoms with Crippen molar-refractivity contribution in [2.45, 2.75) is 19.3 Å². The summed E-state index contributed by atoms with van der Waals surface area (Å²) in [5, 5.41) is 15.4. The second-order valence-corrected chi connectivity index (χ2v) is 19.5. The number of para-hydroxylation sites is 6. The minimum absolute atomic E-state index is 0.131. The molecule has 0 bridgehead atoms. The average Bonchev–Trinajstić information content (AvgIpc) is 4.16. The Morgan fingerprint density at radius 1 is 0.254 bits per heavy atom. The van der Waals surface area contributed by atoms with Crippen molar-refractivity contribution in [2.24, 2.45) is 0 Å². The van der Waals surface area contributed by atoms with E-state index in [0.29, 0.717) is 0 Å². The van der Waals surface area contributed by atoms with Gasteiger partial charge in [-0.1, -0.05) is 202 Å². The quantitative estimate of drug-likeness (QED) is 0.157. The van der Waals surface area contributed by atoms with Crippen molar-refractivity contribution in [3.8, 4) is 44.5 Å². The summed E-state index contributed by atoms with van der Waals surface area (Å²) >= 11 is 0. The molecule has 4 heterocycles. The molecule has 1 aliphatic rings. The number of hydrogen-bond acceptors (Lipinski definition) is 0. The molecule has 310 valence electrons. The van der Waals surface area contributed by atoms with Gasteiger partial charge in [-0.05, 0) is 84.3 Å². The van der Waals surface area contributed by atoms with Crippen LogP contribution in [0, 0.1) is 0 Å². The number of fused-ring (bicyclic) bond motifs is 17. The lowest BCUT2D eigenvalue weighted by Crippen LogP contribution is -2.14. The van der Waals surface area contributed by atoms with Crippen molar-refractivity contribution in [2.75, 3.05) is 0 Å². The first-order chi connectivity index (χ1) is 33.1. The molecule has 15 aromatic rings. The van der Waals surface area contributed by atoms with Gasteiger partial charge in [0.05, 0.1) is 33.1 Å². The van der Waals surface area contributed by atoms with Gasteiger partial charge in [0.2, 0.25) is 0 Å². The molecule has 0 saturated heterocycles. The Labute approximate surface area is 385 Å². The van der Waals surface area contributed by atoms with E-state index >= 15 is 0 Å². The third-order valence-electron chi connectivity index (χ3n) is 16.0. The molecule has 0 atom stereocenters. The topological polar surface area (TPSA) is 8.82 Å². The van der Waals surface area contributed by atoms with Gasteiger partial charge in [0, 0.05) is 59.6 Å². The van der Waals surface area contributed by atoms with Crippen LogP contribution in [0.15, 0.2) is 206 Å². The maximum absolute atomic E-state index is 2.55. The SMILES string of the molecule is CC1(C)c2ccccc2-c2c(-c3c4cccc(-c5cccc6c7cccc8c9ccccc9n(c56)c87)c4cc4c(-c5cccc6c7cccc8c9ccccc9n(c56)c87)cccc34)cccc21. The smallest absolute Gasteiger partial charge is 0.0620 e. The Hall–Kier alpha value is -8.46. The first kappa shape index (κ1) is 35.8. The number of benzene rings is 11. The van der Waals surface area contributed by atoms with E-state index in [-0.39, 0.29) is 5.41 Å². The predicted octanol–water partition coefficient (Wildman–Crippen LogP) is 17.6. The molecule has 4 aromatic heterocycles. The molecule has 67 heavy (non-hydrogen) atoms. The lowest BCUT2D eigenvalue weighted by molar-refractivity contribution is 0.660. The Morgan fingerprint density at radius 3 is 1.16 bits per heavy atom. The van der Waals surface area contributed by atoms with E-state index in [1.165, 1.54) is 153 Å². The van der Waals surface area contributed by atoms with Crippen molar-refractivity contribution in [1.29, 1.82) is 0 Å². The second kappa shape index (κ2) is 12.5. The highest BCUT2D eigenvalue weighted by Crippen LogP contribution is 2.55. The van der Waals surface area contributed by atoms with E-state index in [1.54, 1.807) is 0 Å². The van der Waals surface area contributed by atoms with Crippen molar-refractivity contribution in [1.82, 2.24) is 8.80 Å². The van der Waals surface area contributed by atoms with Gasteiger partial charge in [0.15, 0.2) is 0 Å². The van der Waals surface area contributed by atoms with Crippen LogP contribution in [0.3, 0.4) is 0 Å². The Kier molecular flexibility index (Phi) is 6.66. The average molecular weight is 849 g/mol. The van der Waals surface area contributed by atoms with E-state index in [4.69, 9.17) is 0 Å². The zero-order valence-corrected chi connectivity index (χ0v) is 37.0. The lowest BCUT2D eigenvalue weighted by Gasteiger charge is -2.22. The summed E-state index contributed by atoms with van der Waals surface area (Å²) in [5.41, 5.74) is 20.5. The standard InChI is InChI=1S/C65H40N2/c1-65(2)55-32-6-3-18-51(55)60-52(31-15-33-56(60)65)59-41-21-9-19-37(43-23-11-27-47-49-29-13-25-45-39-16-4-7-34-57(39)66(61(43)47)63(45)49)53(41)36-54-38(20-10-22-42(54)59)44-24-12-28-48-50-30-14-26-46-40-17-5-8-35-58(40)67(62(44)48)64(46)50/h3-36H,1-2H3. The van der Waals surface area contributed by atoms with E-state index in [2.05, 4.69) is 229 Å². The molecule has 0 saturated carbocycles. The van der Waals surface area contributed by atoms with Gasteiger partial charge in [-0.25, -0.2) is 0 Å². The van der Waals surface area contributed by atoms with Gasteiger partial charge in [-0.3, -0.25) is 0 Å². The van der Waals surface area contributed by atoms with Crippen LogP contribution in [0.1, 0.15) is 25.0 Å². The molecular formula is C65H40N2. The van der Waals surface area contributed by atoms with E-state index in [0.717, 1.165) is 0 Å². The van der Waals surface area contributed by atoms with E-state index < -0.39 is 0 Å². The maximum atomic E-state index is 2.55. The predicted molar refractivity (Wildman–Crippen MR) is 285 cm³/mol. The summed E-state index contributed by atoms with van der Waals surface area (Å²) in [5.74, 6) is 0. The summed E-state index contributed by atoms with van der Waals surface area (Å²) in [6.45, 7) is 4.79. The molecule has 0 fully saturated rings. The summed E-state index contributed by atoms with van der Waals surface area (Å²) < 4.78 is 5.10. The van der Waals surface area contributed by atoms with Crippen molar-refractivity contribution in [3.63, 3.8) is 0 Å². The first-order valence-electron chi connectivity index (χ1n) is 23.6. The summed E-state index contributed by atoms with van der Waals surface area (Å²) in [6.07, 6.45) is 0. The normalized spacial score (nSPS) is 13.6. The molecule has 2 heteroatoms. The number of hydrogen-bond donors (Lipinski definition) is 0. The fourth-order valence-electron chi connectivity index (χ4n) is 13.3. The number of aromatic nitrogens is 2. The van der Waals surface area contributed by atoms with Crippen molar-refractivity contribution >= 4 is 97.7 Å². The molecule has 0 unspecified atom stereocenters. The number of rotatable bonds is 3. The van der Waals surface area contributed by atoms with Crippen LogP contribution in [-0.2, 0) is 5.41 Å². The van der Waals surface area contributed by atoms with Crippen molar-refractivity contribution in [3.05, 3.63) is 217 Å². The Bertz CT molecular complexity index is 4410. The summed E-state index contributed by atoms with van der Waals surface area (Å²) in [4.78, 5) is 0. The molecule has 16 rings (SSSR count). The Balaban J connectivity index is 1.09. The van der Waals surface area contributed by atoms with Gasteiger partial charge in [0.25, 0.3) is 0 Å². The molecule has 2 nitrogen and oxygen atoms in total. The highest BCUT2D eigenvalue weighted by Gasteiger charge is 2.37. The van der Waals surface area contributed by atoms with Crippen LogP contribution in [0.4, 0.5) is 0 Å². The molecule has 11 aromatic carbocycles. The molecule has 0 spiro atoms. The minimum Gasteiger partial charge on any atom is -0.307 e. The second-order valence-electron chi connectivity index (χ2n) is 19.5. The molecular weight excluding hydrogens is 809 g/mol. The van der Waals surface area contributed by atoms with Gasteiger partial charge >= 0.3 is 0 Å². The van der Waals surface area contributed by atoms with Gasteiger partial charge in [0.1, 0.15) is 0 Å². The Morgan fingerprint density at radius 2 is 0.612 bits per heavy atom. The third-order valence-corrected chi connectivity index (χ3v) is 16.0. The summed E-state index contributed by atoms with van der Waals surface area (Å²) in [6, 6.07) is 78.2. The molecule has 1 aliphatic carbocycles. The molecule has 0 radical (unpaired) electrons. The van der Waals surface area contributed by atoms with Gasteiger partial charge < -0.3 is 8.80 Å². The maximum Gasteiger partial charge on any atom is 0.0620 e. The van der Waals surface area contributed by atoms with E-state index in [1.807, 2.05) is 0 Å². The first-order valence-corrected chi connectivity index (χ1v) is 23.6. The highest BCUT2D eigenvalue weighted by molar-refractivity contribution is 6.29. The zero-order chi connectivity index (χ0) is 43.9. The number of nitrogens with zero attached hydrogens (tertiary/aromatic N) is 2. The zero-order valence-electron chi connectivity index (χ0n) is 37.0. The molecule has 0 aliphatic heterocycles. The van der Waals surface area contributed by atoms with E-state index in [9.17, 15) is 0 Å². The fourth-order valence-corrected chi connectivity index (χ4v) is 13.3. The van der Waals surface area contributed by atoms with Gasteiger partial charge in [-0.15, -0.1) is 0 Å². The minimum atomic E-state index is -0.131. The molecule has 0 N–H and O–H groups in total. The van der Waals surface area contributed by atoms with Crippen molar-refractivity contribution < 1.29 is 0 Å². The van der Waals surface area contributed by atoms with Crippen LogP contribution in [0.2, 0.25) is 0 Å². The monoisotopic (exact) mass is 848 g/mol. The largest absolute Gasteiger partial charge is 0.307 e. The van der Waals surface area contributed by atoms with Crippen LogP contribution < -0.4 is 0 Å². The van der Waals surface area contributed by atoms with Crippen LogP contribution >= 0.6 is 0 Å². The van der Waals surface area contributed by atoms with Crippen LogP contribution in [0.25, 0.3) is 142 Å². The van der Waals surface area contributed by atoms with Gasteiger partial charge in [-0.2, -0.15) is 0 Å². The van der Waals surface area contributed by atoms with Crippen LogP contribution in [-0.4, -0.2) is 8.80 Å². The summed E-state index contributed by atoms with van der Waals surface area (Å²) in [7, 11) is 0. The highest BCUT2D eigenvalue weighted by atomic mass is 14.9. The third kappa shape index (κ3) is 4.33. The van der Waals surface area contributed by atoms with Crippen LogP contribution in [0.5, 0.6) is 0 Å². The molecule has 0 amide bonds. The lowest BCUT2D eigenvalue weighted by atomic mass is 9.81.